The van der Waals surface area contributed by atoms with Crippen LogP contribution in [0.4, 0.5) is 0 Å². The van der Waals surface area contributed by atoms with Gasteiger partial charge in [0.25, 0.3) is 0 Å². The van der Waals surface area contributed by atoms with Gasteiger partial charge in [0, 0.05) is 6.04 Å². The molecule has 0 fully saturated rings. The SMILES string of the molecule is CC(N)c1ccc(C(=O)OCc2ccccc2)cc1. The molecule has 0 amide bonds. The minimum Gasteiger partial charge on any atom is -0.457 e. The lowest BCUT2D eigenvalue weighted by Crippen LogP contribution is -2.07. The number of carbonyl (C=O) groups is 1. The zero-order chi connectivity index (χ0) is 13.7. The number of nitrogens with two attached hydrogens (primary N) is 1. The highest BCUT2D eigenvalue weighted by atomic mass is 16.5. The van der Waals surface area contributed by atoms with Crippen LogP contribution in [0.3, 0.4) is 0 Å². The fraction of sp³-hybridized carbons (Fsp3) is 0.188. The molecule has 1 unspecified atom stereocenters. The van der Waals surface area contributed by atoms with Gasteiger partial charge in [-0.25, -0.2) is 4.79 Å². The van der Waals surface area contributed by atoms with Gasteiger partial charge in [-0.1, -0.05) is 42.5 Å². The van der Waals surface area contributed by atoms with E-state index in [1.54, 1.807) is 12.1 Å². The van der Waals surface area contributed by atoms with Gasteiger partial charge in [0.2, 0.25) is 0 Å². The number of carbonyl (C=O) groups excluding carboxylic acids is 1. The molecule has 0 saturated carbocycles. The maximum absolute atomic E-state index is 11.8. The number of hydrogen-bond acceptors (Lipinski definition) is 3. The quantitative estimate of drug-likeness (QED) is 0.854. The van der Waals surface area contributed by atoms with Crippen LogP contribution in [-0.2, 0) is 11.3 Å². The first kappa shape index (κ1) is 13.3. The Hall–Kier alpha value is -2.13. The van der Waals surface area contributed by atoms with Crippen molar-refractivity contribution in [2.24, 2.45) is 5.73 Å². The fourth-order valence-corrected chi connectivity index (χ4v) is 1.73. The van der Waals surface area contributed by atoms with Crippen molar-refractivity contribution in [3.8, 4) is 0 Å². The zero-order valence-corrected chi connectivity index (χ0v) is 10.9. The van der Waals surface area contributed by atoms with E-state index in [0.717, 1.165) is 11.1 Å². The Balaban J connectivity index is 1.96. The second-order valence-corrected chi connectivity index (χ2v) is 4.47. The predicted octanol–water partition coefficient (Wildman–Crippen LogP) is 3.06. The van der Waals surface area contributed by atoms with Gasteiger partial charge in [-0.05, 0) is 30.2 Å². The molecule has 0 aromatic heterocycles. The molecule has 2 N–H and O–H groups in total. The average molecular weight is 255 g/mol. The van der Waals surface area contributed by atoms with Gasteiger partial charge in [0.15, 0.2) is 0 Å². The molecular weight excluding hydrogens is 238 g/mol. The molecule has 0 bridgehead atoms. The molecule has 0 saturated heterocycles. The Bertz CT molecular complexity index is 532. The first-order valence-electron chi connectivity index (χ1n) is 6.23. The monoisotopic (exact) mass is 255 g/mol. The summed E-state index contributed by atoms with van der Waals surface area (Å²) in [6.45, 7) is 2.19. The Labute approximate surface area is 113 Å². The number of esters is 1. The summed E-state index contributed by atoms with van der Waals surface area (Å²) in [5, 5.41) is 0. The van der Waals surface area contributed by atoms with Crippen LogP contribution in [0.2, 0.25) is 0 Å². The second-order valence-electron chi connectivity index (χ2n) is 4.47. The standard InChI is InChI=1S/C16H17NO2/c1-12(17)14-7-9-15(10-8-14)16(18)19-11-13-5-3-2-4-6-13/h2-10,12H,11,17H2,1H3. The van der Waals surface area contributed by atoms with Crippen LogP contribution < -0.4 is 5.73 Å². The molecule has 3 nitrogen and oxygen atoms in total. The summed E-state index contributed by atoms with van der Waals surface area (Å²) in [5.41, 5.74) is 8.28. The van der Waals surface area contributed by atoms with Gasteiger partial charge in [0.1, 0.15) is 6.61 Å². The molecular formula is C16H17NO2. The highest BCUT2D eigenvalue weighted by molar-refractivity contribution is 5.89. The lowest BCUT2D eigenvalue weighted by atomic mass is 10.1. The van der Waals surface area contributed by atoms with E-state index in [-0.39, 0.29) is 18.6 Å². The minimum atomic E-state index is -0.319. The number of ether oxygens (including phenoxy) is 1. The molecule has 2 rings (SSSR count). The van der Waals surface area contributed by atoms with E-state index in [2.05, 4.69) is 0 Å². The van der Waals surface area contributed by atoms with Gasteiger partial charge >= 0.3 is 5.97 Å². The van der Waals surface area contributed by atoms with Crippen LogP contribution in [0.25, 0.3) is 0 Å². The molecule has 2 aromatic carbocycles. The van der Waals surface area contributed by atoms with E-state index in [0.29, 0.717) is 5.56 Å². The summed E-state index contributed by atoms with van der Waals surface area (Å²) in [6.07, 6.45) is 0. The molecule has 19 heavy (non-hydrogen) atoms. The van der Waals surface area contributed by atoms with Crippen molar-refractivity contribution in [1.82, 2.24) is 0 Å². The third kappa shape index (κ3) is 3.66. The van der Waals surface area contributed by atoms with E-state index in [1.807, 2.05) is 49.4 Å². The van der Waals surface area contributed by atoms with Crippen molar-refractivity contribution < 1.29 is 9.53 Å². The predicted molar refractivity (Wildman–Crippen MR) is 74.6 cm³/mol. The highest BCUT2D eigenvalue weighted by Crippen LogP contribution is 2.12. The zero-order valence-electron chi connectivity index (χ0n) is 10.9. The first-order chi connectivity index (χ1) is 9.16. The van der Waals surface area contributed by atoms with Crippen LogP contribution in [0.5, 0.6) is 0 Å². The van der Waals surface area contributed by atoms with Crippen LogP contribution in [0.1, 0.15) is 34.5 Å². The maximum atomic E-state index is 11.8. The second kappa shape index (κ2) is 6.16. The average Bonchev–Trinajstić information content (AvgIpc) is 2.46. The lowest BCUT2D eigenvalue weighted by molar-refractivity contribution is 0.0472. The summed E-state index contributed by atoms with van der Waals surface area (Å²) in [5.74, 6) is -0.319. The van der Waals surface area contributed by atoms with E-state index in [9.17, 15) is 4.79 Å². The van der Waals surface area contributed by atoms with Crippen molar-refractivity contribution in [1.29, 1.82) is 0 Å². The van der Waals surface area contributed by atoms with Crippen molar-refractivity contribution in [2.75, 3.05) is 0 Å². The summed E-state index contributed by atoms with van der Waals surface area (Å²) in [7, 11) is 0. The molecule has 98 valence electrons. The maximum Gasteiger partial charge on any atom is 0.338 e. The molecule has 0 radical (unpaired) electrons. The topological polar surface area (TPSA) is 52.3 Å². The third-order valence-electron chi connectivity index (χ3n) is 2.88. The Morgan fingerprint density at radius 2 is 1.74 bits per heavy atom. The molecule has 0 aliphatic carbocycles. The van der Waals surface area contributed by atoms with E-state index >= 15 is 0 Å². The molecule has 2 aromatic rings. The summed E-state index contributed by atoms with van der Waals surface area (Å²) in [4.78, 5) is 11.8. The van der Waals surface area contributed by atoms with E-state index < -0.39 is 0 Å². The van der Waals surface area contributed by atoms with Crippen molar-refractivity contribution >= 4 is 5.97 Å². The normalized spacial score (nSPS) is 11.9. The highest BCUT2D eigenvalue weighted by Gasteiger charge is 2.08. The molecule has 0 spiro atoms. The number of hydrogen-bond donors (Lipinski definition) is 1. The molecule has 1 atom stereocenters. The summed E-state index contributed by atoms with van der Waals surface area (Å²) in [6, 6.07) is 16.8. The van der Waals surface area contributed by atoms with Crippen LogP contribution >= 0.6 is 0 Å². The molecule has 0 aliphatic heterocycles. The number of benzene rings is 2. The Morgan fingerprint density at radius 3 is 2.32 bits per heavy atom. The Kier molecular flexibility index (Phi) is 4.31. The fourth-order valence-electron chi connectivity index (χ4n) is 1.73. The third-order valence-corrected chi connectivity index (χ3v) is 2.88. The molecule has 3 heteroatoms. The van der Waals surface area contributed by atoms with E-state index in [4.69, 9.17) is 10.5 Å². The molecule has 0 heterocycles. The van der Waals surface area contributed by atoms with Crippen molar-refractivity contribution in [3.05, 3.63) is 71.3 Å². The summed E-state index contributed by atoms with van der Waals surface area (Å²) >= 11 is 0. The van der Waals surface area contributed by atoms with Gasteiger partial charge in [-0.2, -0.15) is 0 Å². The first-order valence-corrected chi connectivity index (χ1v) is 6.23. The molecule has 0 aliphatic rings. The van der Waals surface area contributed by atoms with Crippen LogP contribution in [0.15, 0.2) is 54.6 Å². The van der Waals surface area contributed by atoms with Gasteiger partial charge in [-0.15, -0.1) is 0 Å². The van der Waals surface area contributed by atoms with Gasteiger partial charge in [-0.3, -0.25) is 0 Å². The van der Waals surface area contributed by atoms with Gasteiger partial charge in [0.05, 0.1) is 5.56 Å². The Morgan fingerprint density at radius 1 is 1.11 bits per heavy atom. The van der Waals surface area contributed by atoms with Crippen molar-refractivity contribution in [3.63, 3.8) is 0 Å². The lowest BCUT2D eigenvalue weighted by Gasteiger charge is -2.07. The largest absolute Gasteiger partial charge is 0.457 e. The number of rotatable bonds is 4. The summed E-state index contributed by atoms with van der Waals surface area (Å²) < 4.78 is 5.24. The smallest absolute Gasteiger partial charge is 0.338 e. The van der Waals surface area contributed by atoms with Crippen LogP contribution in [-0.4, -0.2) is 5.97 Å². The van der Waals surface area contributed by atoms with E-state index in [1.165, 1.54) is 0 Å². The van der Waals surface area contributed by atoms with Crippen LogP contribution in [0, 0.1) is 0 Å². The van der Waals surface area contributed by atoms with Gasteiger partial charge < -0.3 is 10.5 Å². The minimum absolute atomic E-state index is 0.0330. The van der Waals surface area contributed by atoms with Crippen molar-refractivity contribution in [2.45, 2.75) is 19.6 Å².